The second kappa shape index (κ2) is 5.64. The second-order valence-electron chi connectivity index (χ2n) is 5.55. The molecule has 4 nitrogen and oxygen atoms in total. The van der Waals surface area contributed by atoms with Gasteiger partial charge < -0.3 is 9.88 Å². The summed E-state index contributed by atoms with van der Waals surface area (Å²) < 4.78 is 2.13. The monoisotopic (exact) mass is 293 g/mol. The lowest BCUT2D eigenvalue weighted by Crippen LogP contribution is -2.15. The summed E-state index contributed by atoms with van der Waals surface area (Å²) in [5.41, 5.74) is 5.04. The van der Waals surface area contributed by atoms with Gasteiger partial charge in [0.25, 0.3) is 0 Å². The van der Waals surface area contributed by atoms with E-state index in [0.29, 0.717) is 6.42 Å². The first-order chi connectivity index (χ1) is 10.6. The number of hydrogen-bond acceptors (Lipinski definition) is 2. The molecular formula is C18H19N3O. The fraction of sp³-hybridized carbons (Fsp3) is 0.222. The van der Waals surface area contributed by atoms with E-state index in [0.717, 1.165) is 33.5 Å². The second-order valence-corrected chi connectivity index (χ2v) is 5.55. The Kier molecular flexibility index (Phi) is 3.67. The van der Waals surface area contributed by atoms with Crippen LogP contribution in [0.3, 0.4) is 0 Å². The van der Waals surface area contributed by atoms with Crippen LogP contribution in [0.1, 0.15) is 17.0 Å². The molecule has 0 fully saturated rings. The van der Waals surface area contributed by atoms with E-state index in [1.807, 2.05) is 32.2 Å². The Bertz CT molecular complexity index is 849. The number of fused-ring (bicyclic) bond motifs is 1. The summed E-state index contributed by atoms with van der Waals surface area (Å²) in [6.07, 6.45) is 2.07. The molecule has 3 rings (SSSR count). The summed E-state index contributed by atoms with van der Waals surface area (Å²) in [6.45, 7) is 3.96. The molecule has 0 atom stereocenters. The number of amides is 1. The van der Waals surface area contributed by atoms with Crippen molar-refractivity contribution in [3.63, 3.8) is 0 Å². The van der Waals surface area contributed by atoms with Crippen LogP contribution in [0.5, 0.6) is 0 Å². The van der Waals surface area contributed by atoms with E-state index in [-0.39, 0.29) is 5.91 Å². The van der Waals surface area contributed by atoms with E-state index in [2.05, 4.69) is 33.9 Å². The molecular weight excluding hydrogens is 274 g/mol. The molecule has 1 amide bonds. The molecule has 0 saturated heterocycles. The zero-order chi connectivity index (χ0) is 15.7. The number of carbonyl (C=O) groups excluding carboxylic acids is 1. The molecule has 0 spiro atoms. The molecule has 1 N–H and O–H groups in total. The highest BCUT2D eigenvalue weighted by atomic mass is 16.1. The van der Waals surface area contributed by atoms with E-state index >= 15 is 0 Å². The minimum atomic E-state index is -0.00921. The van der Waals surface area contributed by atoms with Crippen molar-refractivity contribution in [2.45, 2.75) is 20.3 Å². The van der Waals surface area contributed by atoms with Crippen LogP contribution < -0.4 is 5.32 Å². The Labute approximate surface area is 129 Å². The van der Waals surface area contributed by atoms with Gasteiger partial charge in [-0.05, 0) is 37.6 Å². The van der Waals surface area contributed by atoms with Crippen LogP contribution in [0.2, 0.25) is 0 Å². The molecule has 2 aromatic heterocycles. The smallest absolute Gasteiger partial charge is 0.228 e. The van der Waals surface area contributed by atoms with Crippen LogP contribution in [-0.2, 0) is 18.3 Å². The number of aromatic nitrogens is 2. The van der Waals surface area contributed by atoms with Crippen molar-refractivity contribution >= 4 is 22.5 Å². The SMILES string of the molecule is Cc1cc(NC(=O)Cc2c(C)n(C)c3ccccc23)ccn1. The Morgan fingerprint density at radius 3 is 2.77 bits per heavy atom. The molecule has 0 saturated carbocycles. The molecule has 2 heterocycles. The Morgan fingerprint density at radius 1 is 1.23 bits per heavy atom. The molecule has 0 bridgehead atoms. The first kappa shape index (κ1) is 14.3. The van der Waals surface area contributed by atoms with Gasteiger partial charge in [-0.3, -0.25) is 9.78 Å². The number of pyridine rings is 1. The molecule has 112 valence electrons. The van der Waals surface area contributed by atoms with E-state index < -0.39 is 0 Å². The number of carbonyl (C=O) groups is 1. The molecule has 0 aliphatic heterocycles. The van der Waals surface area contributed by atoms with Gasteiger partial charge in [0.2, 0.25) is 5.91 Å². The van der Waals surface area contributed by atoms with Crippen molar-refractivity contribution in [1.29, 1.82) is 0 Å². The molecule has 0 unspecified atom stereocenters. The third kappa shape index (κ3) is 2.60. The van der Waals surface area contributed by atoms with Crippen LogP contribution in [0, 0.1) is 13.8 Å². The van der Waals surface area contributed by atoms with Gasteiger partial charge in [-0.15, -0.1) is 0 Å². The van der Waals surface area contributed by atoms with E-state index in [1.165, 1.54) is 0 Å². The maximum Gasteiger partial charge on any atom is 0.228 e. The van der Waals surface area contributed by atoms with Gasteiger partial charge in [-0.25, -0.2) is 0 Å². The summed E-state index contributed by atoms with van der Waals surface area (Å²) in [6, 6.07) is 11.9. The topological polar surface area (TPSA) is 46.9 Å². The van der Waals surface area contributed by atoms with Crippen molar-refractivity contribution in [3.8, 4) is 0 Å². The maximum absolute atomic E-state index is 12.4. The van der Waals surface area contributed by atoms with Gasteiger partial charge in [-0.2, -0.15) is 0 Å². The average molecular weight is 293 g/mol. The van der Waals surface area contributed by atoms with Crippen LogP contribution in [0.4, 0.5) is 5.69 Å². The lowest BCUT2D eigenvalue weighted by Gasteiger charge is -2.06. The van der Waals surface area contributed by atoms with Crippen molar-refractivity contribution < 1.29 is 4.79 Å². The highest BCUT2D eigenvalue weighted by Gasteiger charge is 2.14. The number of rotatable bonds is 3. The lowest BCUT2D eigenvalue weighted by atomic mass is 10.1. The minimum absolute atomic E-state index is 0.00921. The molecule has 4 heteroatoms. The number of nitrogens with one attached hydrogen (secondary N) is 1. The van der Waals surface area contributed by atoms with E-state index in [9.17, 15) is 4.79 Å². The first-order valence-corrected chi connectivity index (χ1v) is 7.31. The maximum atomic E-state index is 12.4. The summed E-state index contributed by atoms with van der Waals surface area (Å²) >= 11 is 0. The van der Waals surface area contributed by atoms with Crippen molar-refractivity contribution in [2.24, 2.45) is 7.05 Å². The standard InChI is InChI=1S/C18H19N3O/c1-12-10-14(8-9-19-12)20-18(22)11-16-13(2)21(3)17-7-5-4-6-15(16)17/h4-10H,11H2,1-3H3,(H,19,20,22). The van der Waals surface area contributed by atoms with Crippen LogP contribution in [0.15, 0.2) is 42.6 Å². The van der Waals surface area contributed by atoms with Gasteiger partial charge >= 0.3 is 0 Å². The van der Waals surface area contributed by atoms with Crippen LogP contribution in [-0.4, -0.2) is 15.5 Å². The summed E-state index contributed by atoms with van der Waals surface area (Å²) in [4.78, 5) is 16.5. The van der Waals surface area contributed by atoms with Crippen molar-refractivity contribution in [2.75, 3.05) is 5.32 Å². The molecule has 1 aromatic carbocycles. The molecule has 0 aliphatic carbocycles. The van der Waals surface area contributed by atoms with Gasteiger partial charge in [0.05, 0.1) is 6.42 Å². The third-order valence-electron chi connectivity index (χ3n) is 4.05. The number of anilines is 1. The fourth-order valence-electron chi connectivity index (χ4n) is 2.81. The summed E-state index contributed by atoms with van der Waals surface area (Å²) in [7, 11) is 2.03. The Hall–Kier alpha value is -2.62. The van der Waals surface area contributed by atoms with E-state index in [4.69, 9.17) is 0 Å². The quantitative estimate of drug-likeness (QED) is 0.805. The summed E-state index contributed by atoms with van der Waals surface area (Å²) in [5.74, 6) is -0.00921. The fourth-order valence-corrected chi connectivity index (χ4v) is 2.81. The number of nitrogens with zero attached hydrogens (tertiary/aromatic N) is 2. The number of aryl methyl sites for hydroxylation is 2. The summed E-state index contributed by atoms with van der Waals surface area (Å²) in [5, 5.41) is 4.09. The Balaban J connectivity index is 1.87. The van der Waals surface area contributed by atoms with Gasteiger partial charge in [0.1, 0.15) is 0 Å². The Morgan fingerprint density at radius 2 is 2.00 bits per heavy atom. The number of para-hydroxylation sites is 1. The van der Waals surface area contributed by atoms with Gasteiger partial charge in [0, 0.05) is 41.2 Å². The van der Waals surface area contributed by atoms with Crippen LogP contribution in [0.25, 0.3) is 10.9 Å². The van der Waals surface area contributed by atoms with Gasteiger partial charge in [0.15, 0.2) is 0 Å². The van der Waals surface area contributed by atoms with Gasteiger partial charge in [-0.1, -0.05) is 18.2 Å². The number of hydrogen-bond donors (Lipinski definition) is 1. The van der Waals surface area contributed by atoms with Crippen molar-refractivity contribution in [1.82, 2.24) is 9.55 Å². The van der Waals surface area contributed by atoms with E-state index in [1.54, 1.807) is 12.3 Å². The first-order valence-electron chi connectivity index (χ1n) is 7.31. The normalized spacial score (nSPS) is 10.9. The minimum Gasteiger partial charge on any atom is -0.348 e. The molecule has 0 aliphatic rings. The molecule has 3 aromatic rings. The molecule has 0 radical (unpaired) electrons. The zero-order valence-corrected chi connectivity index (χ0v) is 13.1. The van der Waals surface area contributed by atoms with Crippen molar-refractivity contribution in [3.05, 3.63) is 59.5 Å². The molecule has 22 heavy (non-hydrogen) atoms. The predicted octanol–water partition coefficient (Wildman–Crippen LogP) is 3.37. The lowest BCUT2D eigenvalue weighted by molar-refractivity contribution is -0.115. The zero-order valence-electron chi connectivity index (χ0n) is 13.1. The highest BCUT2D eigenvalue weighted by molar-refractivity contribution is 5.96. The highest BCUT2D eigenvalue weighted by Crippen LogP contribution is 2.25. The number of benzene rings is 1. The largest absolute Gasteiger partial charge is 0.348 e. The predicted molar refractivity (Wildman–Crippen MR) is 89.0 cm³/mol. The average Bonchev–Trinajstić information content (AvgIpc) is 2.73. The van der Waals surface area contributed by atoms with Crippen LogP contribution >= 0.6 is 0 Å². The third-order valence-corrected chi connectivity index (χ3v) is 4.05.